The Kier molecular flexibility index (Phi) is 4.92. The van der Waals surface area contributed by atoms with Crippen LogP contribution in [0.5, 0.6) is 0 Å². The quantitative estimate of drug-likeness (QED) is 0.580. The molecule has 2 amide bonds. The standard InChI is InChI=1S/C21H24N6O2/c1-12-3-6-18(14-4-5-15-9-24-26-17(15)8-14)27(11-12)21(29)20(28)25-16-7-13(2)19(22)23-10-16/h4-5,7-10,12,18H,3,6,11H2,1-2H3,(H2,22,23)(H,24,26)(H,25,28). The average Bonchev–Trinajstić information content (AvgIpc) is 3.18. The predicted octanol–water partition coefficient (Wildman–Crippen LogP) is 2.79. The van der Waals surface area contributed by atoms with Gasteiger partial charge in [-0.3, -0.25) is 14.7 Å². The fourth-order valence-electron chi connectivity index (χ4n) is 3.85. The number of aromatic amines is 1. The van der Waals surface area contributed by atoms with Crippen molar-refractivity contribution in [2.75, 3.05) is 17.6 Å². The zero-order valence-corrected chi connectivity index (χ0v) is 16.5. The molecule has 150 valence electrons. The Morgan fingerprint density at radius 1 is 1.24 bits per heavy atom. The molecule has 2 unspecified atom stereocenters. The zero-order valence-electron chi connectivity index (χ0n) is 16.5. The number of hydrogen-bond donors (Lipinski definition) is 3. The highest BCUT2D eigenvalue weighted by atomic mass is 16.2. The second-order valence-electron chi connectivity index (χ2n) is 7.75. The monoisotopic (exact) mass is 392 g/mol. The largest absolute Gasteiger partial charge is 0.383 e. The molecular formula is C21H24N6O2. The first-order valence-corrected chi connectivity index (χ1v) is 9.69. The number of anilines is 2. The lowest BCUT2D eigenvalue weighted by Gasteiger charge is -2.38. The SMILES string of the molecule is Cc1cc(NC(=O)C(=O)N2CC(C)CCC2c2ccc3cn[nH]c3c2)cnc1N. The fourth-order valence-corrected chi connectivity index (χ4v) is 3.85. The summed E-state index contributed by atoms with van der Waals surface area (Å²) in [4.78, 5) is 31.4. The fraction of sp³-hybridized carbons (Fsp3) is 0.333. The van der Waals surface area contributed by atoms with E-state index >= 15 is 0 Å². The molecule has 1 aromatic carbocycles. The van der Waals surface area contributed by atoms with Crippen molar-refractivity contribution < 1.29 is 9.59 Å². The number of H-pyrrole nitrogens is 1. The van der Waals surface area contributed by atoms with Gasteiger partial charge < -0.3 is 16.0 Å². The second kappa shape index (κ2) is 7.54. The number of nitrogens with one attached hydrogen (secondary N) is 2. The minimum absolute atomic E-state index is 0.150. The Labute approximate surface area is 168 Å². The number of hydrogen-bond acceptors (Lipinski definition) is 5. The van der Waals surface area contributed by atoms with Gasteiger partial charge in [0.05, 0.1) is 29.6 Å². The van der Waals surface area contributed by atoms with E-state index in [2.05, 4.69) is 27.4 Å². The van der Waals surface area contributed by atoms with Crippen LogP contribution in [-0.4, -0.2) is 38.4 Å². The third-order valence-electron chi connectivity index (χ3n) is 5.50. The number of rotatable bonds is 2. The molecule has 3 heterocycles. The number of nitrogens with zero attached hydrogens (tertiary/aromatic N) is 3. The molecule has 29 heavy (non-hydrogen) atoms. The summed E-state index contributed by atoms with van der Waals surface area (Å²) in [5.74, 6) is -0.480. The van der Waals surface area contributed by atoms with Crippen molar-refractivity contribution in [2.24, 2.45) is 5.92 Å². The molecule has 0 radical (unpaired) electrons. The molecule has 4 rings (SSSR count). The van der Waals surface area contributed by atoms with E-state index < -0.39 is 11.8 Å². The lowest BCUT2D eigenvalue weighted by Crippen LogP contribution is -2.46. The van der Waals surface area contributed by atoms with Crippen LogP contribution in [0.3, 0.4) is 0 Å². The molecule has 3 aromatic rings. The normalized spacial score (nSPS) is 19.3. The molecule has 0 saturated carbocycles. The van der Waals surface area contributed by atoms with Gasteiger partial charge in [-0.05, 0) is 48.9 Å². The van der Waals surface area contributed by atoms with Crippen LogP contribution in [0.4, 0.5) is 11.5 Å². The lowest BCUT2D eigenvalue weighted by atomic mass is 9.89. The number of likely N-dealkylation sites (tertiary alicyclic amines) is 1. The van der Waals surface area contributed by atoms with Crippen LogP contribution in [0.2, 0.25) is 0 Å². The van der Waals surface area contributed by atoms with Gasteiger partial charge in [-0.25, -0.2) is 4.98 Å². The van der Waals surface area contributed by atoms with E-state index in [1.807, 2.05) is 18.2 Å². The van der Waals surface area contributed by atoms with Crippen LogP contribution in [0, 0.1) is 12.8 Å². The van der Waals surface area contributed by atoms with Gasteiger partial charge >= 0.3 is 11.8 Å². The lowest BCUT2D eigenvalue weighted by molar-refractivity contribution is -0.146. The van der Waals surface area contributed by atoms with Crippen molar-refractivity contribution in [3.8, 4) is 0 Å². The van der Waals surface area contributed by atoms with Crippen molar-refractivity contribution in [3.05, 3.63) is 47.8 Å². The van der Waals surface area contributed by atoms with Gasteiger partial charge in [0, 0.05) is 11.9 Å². The van der Waals surface area contributed by atoms with E-state index in [9.17, 15) is 9.59 Å². The number of nitrogen functional groups attached to an aromatic ring is 1. The van der Waals surface area contributed by atoms with Gasteiger partial charge in [0.2, 0.25) is 0 Å². The van der Waals surface area contributed by atoms with Gasteiger partial charge in [0.1, 0.15) is 5.82 Å². The van der Waals surface area contributed by atoms with E-state index in [4.69, 9.17) is 5.73 Å². The van der Waals surface area contributed by atoms with Gasteiger partial charge in [-0.15, -0.1) is 0 Å². The summed E-state index contributed by atoms with van der Waals surface area (Å²) in [6.07, 6.45) is 5.03. The van der Waals surface area contributed by atoms with Gasteiger partial charge in [0.25, 0.3) is 0 Å². The summed E-state index contributed by atoms with van der Waals surface area (Å²) >= 11 is 0. The highest BCUT2D eigenvalue weighted by Crippen LogP contribution is 2.34. The highest BCUT2D eigenvalue weighted by molar-refractivity contribution is 6.39. The third kappa shape index (κ3) is 3.78. The first kappa shape index (κ1) is 18.9. The molecular weight excluding hydrogens is 368 g/mol. The predicted molar refractivity (Wildman–Crippen MR) is 111 cm³/mol. The van der Waals surface area contributed by atoms with Crippen LogP contribution in [0.25, 0.3) is 10.9 Å². The number of nitrogens with two attached hydrogens (primary N) is 1. The molecule has 1 aliphatic heterocycles. The maximum Gasteiger partial charge on any atom is 0.313 e. The first-order chi connectivity index (χ1) is 13.9. The molecule has 8 heteroatoms. The Morgan fingerprint density at radius 3 is 2.86 bits per heavy atom. The average molecular weight is 392 g/mol. The van der Waals surface area contributed by atoms with E-state index in [0.717, 1.165) is 34.9 Å². The Hall–Kier alpha value is -3.42. The number of pyridine rings is 1. The maximum atomic E-state index is 13.0. The van der Waals surface area contributed by atoms with Crippen LogP contribution >= 0.6 is 0 Å². The molecule has 8 nitrogen and oxygen atoms in total. The molecule has 0 bridgehead atoms. The third-order valence-corrected chi connectivity index (χ3v) is 5.50. The number of carbonyl (C=O) groups excluding carboxylic acids is 2. The number of piperidine rings is 1. The zero-order chi connectivity index (χ0) is 20.5. The smallest absolute Gasteiger partial charge is 0.313 e. The molecule has 2 atom stereocenters. The number of aryl methyl sites for hydroxylation is 1. The number of benzene rings is 1. The molecule has 1 aliphatic rings. The van der Waals surface area contributed by atoms with Crippen LogP contribution in [-0.2, 0) is 9.59 Å². The summed E-state index contributed by atoms with van der Waals surface area (Å²) in [6, 6.07) is 7.55. The number of carbonyl (C=O) groups is 2. The minimum Gasteiger partial charge on any atom is -0.383 e. The summed E-state index contributed by atoms with van der Waals surface area (Å²) in [6.45, 7) is 4.43. The van der Waals surface area contributed by atoms with Gasteiger partial charge in [-0.2, -0.15) is 5.10 Å². The van der Waals surface area contributed by atoms with Crippen molar-refractivity contribution in [3.63, 3.8) is 0 Å². The van der Waals surface area contributed by atoms with Gasteiger partial charge in [-0.1, -0.05) is 19.1 Å². The van der Waals surface area contributed by atoms with Crippen LogP contribution < -0.4 is 11.1 Å². The summed E-state index contributed by atoms with van der Waals surface area (Å²) < 4.78 is 0. The van der Waals surface area contributed by atoms with Crippen molar-refractivity contribution >= 4 is 34.2 Å². The molecule has 2 aromatic heterocycles. The van der Waals surface area contributed by atoms with E-state index in [0.29, 0.717) is 24.0 Å². The van der Waals surface area contributed by atoms with E-state index in [1.54, 1.807) is 24.1 Å². The van der Waals surface area contributed by atoms with E-state index in [1.165, 1.54) is 6.20 Å². The summed E-state index contributed by atoms with van der Waals surface area (Å²) in [7, 11) is 0. The highest BCUT2D eigenvalue weighted by Gasteiger charge is 2.34. The van der Waals surface area contributed by atoms with Crippen LogP contribution in [0.15, 0.2) is 36.7 Å². The minimum atomic E-state index is -0.669. The number of fused-ring (bicyclic) bond motifs is 1. The number of aromatic nitrogens is 3. The molecule has 4 N–H and O–H groups in total. The molecule has 1 fully saturated rings. The summed E-state index contributed by atoms with van der Waals surface area (Å²) in [5, 5.41) is 10.7. The van der Waals surface area contributed by atoms with Crippen molar-refractivity contribution in [2.45, 2.75) is 32.7 Å². The number of amides is 2. The Morgan fingerprint density at radius 2 is 2.07 bits per heavy atom. The Balaban J connectivity index is 1.57. The first-order valence-electron chi connectivity index (χ1n) is 9.69. The second-order valence-corrected chi connectivity index (χ2v) is 7.75. The van der Waals surface area contributed by atoms with E-state index in [-0.39, 0.29) is 6.04 Å². The van der Waals surface area contributed by atoms with Gasteiger partial charge in [0.15, 0.2) is 0 Å². The van der Waals surface area contributed by atoms with Crippen LogP contribution in [0.1, 0.15) is 36.9 Å². The summed E-state index contributed by atoms with van der Waals surface area (Å²) in [5.41, 5.74) is 8.83. The van der Waals surface area contributed by atoms with Crippen molar-refractivity contribution in [1.82, 2.24) is 20.1 Å². The molecule has 1 saturated heterocycles. The maximum absolute atomic E-state index is 13.0. The Bertz CT molecular complexity index is 1080. The molecule has 0 aliphatic carbocycles. The van der Waals surface area contributed by atoms with Crippen molar-refractivity contribution in [1.29, 1.82) is 0 Å². The topological polar surface area (TPSA) is 117 Å². The molecule has 0 spiro atoms.